The van der Waals surface area contributed by atoms with Gasteiger partial charge in [-0.1, -0.05) is 0 Å². The van der Waals surface area contributed by atoms with Crippen LogP contribution in [0.3, 0.4) is 0 Å². The number of methoxy groups -OCH3 is 1. The van der Waals surface area contributed by atoms with E-state index in [2.05, 4.69) is 5.32 Å². The van der Waals surface area contributed by atoms with Gasteiger partial charge in [-0.15, -0.1) is 0 Å². The van der Waals surface area contributed by atoms with E-state index in [1.54, 1.807) is 19.0 Å². The molecule has 1 aromatic carbocycles. The zero-order valence-electron chi connectivity index (χ0n) is 15.2. The maximum absolute atomic E-state index is 12.0. The second-order valence-electron chi connectivity index (χ2n) is 6.46. The van der Waals surface area contributed by atoms with Crippen LogP contribution in [0.5, 0.6) is 0 Å². The SMILES string of the molecule is COCC(=O)N1CCc2oc(-c3ccc(NC(=O)N(C)C)cc3)cc2C1. The summed E-state index contributed by atoms with van der Waals surface area (Å²) >= 11 is 0. The second kappa shape index (κ2) is 7.61. The molecule has 1 N–H and O–H groups in total. The van der Waals surface area contributed by atoms with E-state index < -0.39 is 0 Å². The Morgan fingerprint density at radius 1 is 1.27 bits per heavy atom. The normalized spacial score (nSPS) is 13.3. The molecule has 0 bridgehead atoms. The van der Waals surface area contributed by atoms with Crippen molar-refractivity contribution < 1.29 is 18.7 Å². The standard InChI is InChI=1S/C19H23N3O4/c1-21(2)19(24)20-15-6-4-13(5-7-15)17-10-14-11-22(18(23)12-25-3)9-8-16(14)26-17/h4-7,10H,8-9,11-12H2,1-3H3,(H,20,24). The van der Waals surface area contributed by atoms with Gasteiger partial charge in [0.2, 0.25) is 5.91 Å². The first kappa shape index (κ1) is 18.0. The molecule has 7 heteroatoms. The molecule has 7 nitrogen and oxygen atoms in total. The molecule has 26 heavy (non-hydrogen) atoms. The van der Waals surface area contributed by atoms with Crippen LogP contribution in [0.1, 0.15) is 11.3 Å². The number of furan rings is 1. The molecule has 0 saturated carbocycles. The largest absolute Gasteiger partial charge is 0.461 e. The van der Waals surface area contributed by atoms with E-state index in [4.69, 9.17) is 9.15 Å². The van der Waals surface area contributed by atoms with Gasteiger partial charge in [0.1, 0.15) is 18.1 Å². The van der Waals surface area contributed by atoms with Crippen molar-refractivity contribution in [1.29, 1.82) is 0 Å². The topological polar surface area (TPSA) is 75.0 Å². The summed E-state index contributed by atoms with van der Waals surface area (Å²) in [6.07, 6.45) is 0.696. The number of nitrogens with one attached hydrogen (secondary N) is 1. The molecule has 138 valence electrons. The van der Waals surface area contributed by atoms with Crippen molar-refractivity contribution in [2.75, 3.05) is 39.7 Å². The molecule has 1 aliphatic rings. The predicted molar refractivity (Wildman–Crippen MR) is 97.8 cm³/mol. The highest BCUT2D eigenvalue weighted by Gasteiger charge is 2.24. The average Bonchev–Trinajstić information content (AvgIpc) is 3.05. The van der Waals surface area contributed by atoms with Crippen LogP contribution >= 0.6 is 0 Å². The zero-order valence-corrected chi connectivity index (χ0v) is 15.2. The number of rotatable bonds is 4. The minimum atomic E-state index is -0.174. The van der Waals surface area contributed by atoms with Crippen LogP contribution in [0, 0.1) is 0 Å². The van der Waals surface area contributed by atoms with Crippen molar-refractivity contribution in [3.8, 4) is 11.3 Å². The van der Waals surface area contributed by atoms with E-state index in [1.165, 1.54) is 12.0 Å². The number of hydrogen-bond acceptors (Lipinski definition) is 4. The lowest BCUT2D eigenvalue weighted by Crippen LogP contribution is -2.37. The lowest BCUT2D eigenvalue weighted by molar-refractivity contribution is -0.136. The van der Waals surface area contributed by atoms with E-state index in [9.17, 15) is 9.59 Å². The summed E-state index contributed by atoms with van der Waals surface area (Å²) in [5.41, 5.74) is 2.68. The number of fused-ring (bicyclic) bond motifs is 1. The molecular weight excluding hydrogens is 334 g/mol. The molecule has 2 aromatic rings. The minimum absolute atomic E-state index is 0.0121. The molecule has 0 fully saturated rings. The van der Waals surface area contributed by atoms with Crippen LogP contribution in [-0.4, -0.2) is 56.1 Å². The van der Waals surface area contributed by atoms with Gasteiger partial charge in [0.05, 0.1) is 0 Å². The van der Waals surface area contributed by atoms with Gasteiger partial charge in [-0.3, -0.25) is 4.79 Å². The third-order valence-corrected chi connectivity index (χ3v) is 4.31. The van der Waals surface area contributed by atoms with Crippen LogP contribution in [0.4, 0.5) is 10.5 Å². The van der Waals surface area contributed by atoms with Crippen LogP contribution in [0.2, 0.25) is 0 Å². The highest BCUT2D eigenvalue weighted by atomic mass is 16.5. The number of carbonyl (C=O) groups is 2. The fraction of sp³-hybridized carbons (Fsp3) is 0.368. The highest BCUT2D eigenvalue weighted by Crippen LogP contribution is 2.30. The molecule has 2 heterocycles. The maximum Gasteiger partial charge on any atom is 0.321 e. The van der Waals surface area contributed by atoms with Gasteiger partial charge in [-0.25, -0.2) is 4.79 Å². The Morgan fingerprint density at radius 2 is 2.00 bits per heavy atom. The van der Waals surface area contributed by atoms with Crippen molar-refractivity contribution in [3.63, 3.8) is 0 Å². The summed E-state index contributed by atoms with van der Waals surface area (Å²) in [5, 5.41) is 2.80. The van der Waals surface area contributed by atoms with Gasteiger partial charge in [-0.2, -0.15) is 0 Å². The molecule has 0 aliphatic carbocycles. The van der Waals surface area contributed by atoms with Gasteiger partial charge in [-0.05, 0) is 30.3 Å². The molecule has 1 aliphatic heterocycles. The summed E-state index contributed by atoms with van der Waals surface area (Å²) in [6, 6.07) is 9.30. The lowest BCUT2D eigenvalue weighted by atomic mass is 10.1. The Kier molecular flexibility index (Phi) is 5.27. The number of urea groups is 1. The first-order valence-corrected chi connectivity index (χ1v) is 8.45. The van der Waals surface area contributed by atoms with Gasteiger partial charge in [0, 0.05) is 57.5 Å². The van der Waals surface area contributed by atoms with E-state index in [1.807, 2.05) is 30.3 Å². The lowest BCUT2D eigenvalue weighted by Gasteiger charge is -2.25. The van der Waals surface area contributed by atoms with Crippen LogP contribution < -0.4 is 5.32 Å². The van der Waals surface area contributed by atoms with Crippen molar-refractivity contribution >= 4 is 17.6 Å². The minimum Gasteiger partial charge on any atom is -0.461 e. The van der Waals surface area contributed by atoms with Crippen molar-refractivity contribution in [2.45, 2.75) is 13.0 Å². The monoisotopic (exact) mass is 357 g/mol. The number of hydrogen-bond donors (Lipinski definition) is 1. The summed E-state index contributed by atoms with van der Waals surface area (Å²) < 4.78 is 10.9. The quantitative estimate of drug-likeness (QED) is 0.913. The maximum atomic E-state index is 12.0. The van der Waals surface area contributed by atoms with Crippen LogP contribution in [0.15, 0.2) is 34.7 Å². The summed E-state index contributed by atoms with van der Waals surface area (Å²) in [5.74, 6) is 1.68. The number of benzene rings is 1. The fourth-order valence-corrected chi connectivity index (χ4v) is 2.86. The molecule has 0 atom stereocenters. The number of anilines is 1. The molecule has 0 unspecified atom stereocenters. The van der Waals surface area contributed by atoms with Gasteiger partial charge in [0.15, 0.2) is 0 Å². The van der Waals surface area contributed by atoms with Crippen molar-refractivity contribution in [2.24, 2.45) is 0 Å². The third-order valence-electron chi connectivity index (χ3n) is 4.31. The molecular formula is C19H23N3O4. The van der Waals surface area contributed by atoms with Gasteiger partial charge >= 0.3 is 6.03 Å². The van der Waals surface area contributed by atoms with E-state index in [0.29, 0.717) is 19.5 Å². The highest BCUT2D eigenvalue weighted by molar-refractivity contribution is 5.89. The van der Waals surface area contributed by atoms with E-state index >= 15 is 0 Å². The van der Waals surface area contributed by atoms with Crippen LogP contribution in [0.25, 0.3) is 11.3 Å². The number of amides is 3. The Bertz CT molecular complexity index is 796. The molecule has 0 radical (unpaired) electrons. The van der Waals surface area contributed by atoms with E-state index in [0.717, 1.165) is 28.3 Å². The number of nitrogens with zero attached hydrogens (tertiary/aromatic N) is 2. The molecule has 0 spiro atoms. The molecule has 3 amide bonds. The first-order valence-electron chi connectivity index (χ1n) is 8.45. The number of ether oxygens (including phenoxy) is 1. The summed E-state index contributed by atoms with van der Waals surface area (Å²) in [4.78, 5) is 26.9. The predicted octanol–water partition coefficient (Wildman–Crippen LogP) is 2.57. The smallest absolute Gasteiger partial charge is 0.321 e. The zero-order chi connectivity index (χ0) is 18.7. The van der Waals surface area contributed by atoms with Gasteiger partial charge < -0.3 is 24.3 Å². The average molecular weight is 357 g/mol. The van der Waals surface area contributed by atoms with Gasteiger partial charge in [0.25, 0.3) is 0 Å². The number of carbonyl (C=O) groups excluding carboxylic acids is 2. The summed E-state index contributed by atoms with van der Waals surface area (Å²) in [7, 11) is 4.91. The van der Waals surface area contributed by atoms with Crippen LogP contribution in [-0.2, 0) is 22.5 Å². The first-order chi connectivity index (χ1) is 12.5. The van der Waals surface area contributed by atoms with Crippen molar-refractivity contribution in [1.82, 2.24) is 9.80 Å². The Hall–Kier alpha value is -2.80. The van der Waals surface area contributed by atoms with Crippen molar-refractivity contribution in [3.05, 3.63) is 41.7 Å². The fourth-order valence-electron chi connectivity index (χ4n) is 2.86. The Labute approximate surface area is 152 Å². The Morgan fingerprint density at radius 3 is 2.65 bits per heavy atom. The molecule has 0 saturated heterocycles. The summed E-state index contributed by atoms with van der Waals surface area (Å²) in [6.45, 7) is 1.27. The Balaban J connectivity index is 1.72. The second-order valence-corrected chi connectivity index (χ2v) is 6.46. The van der Waals surface area contributed by atoms with E-state index in [-0.39, 0.29) is 18.5 Å². The molecule has 1 aromatic heterocycles. The molecule has 3 rings (SSSR count). The third kappa shape index (κ3) is 3.88.